The summed E-state index contributed by atoms with van der Waals surface area (Å²) in [5.74, 6) is 0.698. The number of hydrogen-bond donors (Lipinski definition) is 0. The molecule has 2 aromatic rings. The second-order valence-electron chi connectivity index (χ2n) is 10.5. The molecule has 0 N–H and O–H groups in total. The molecule has 0 aliphatic carbocycles. The standard InChI is InChI=1S/C32H46O5/c1-4-11-29(36-24-27-14-9-6-10-15-27)22-31(34-3)18-25(2)19-32-21-28(33)20-30(37-32)16-17-35-23-26-12-7-5-8-13-26/h5-10,12-15,25,29-32H,4,11,16-24H2,1-3H3/t25-,29-,30-,31-,32-/m0/s1. The van der Waals surface area contributed by atoms with E-state index in [0.717, 1.165) is 44.1 Å². The van der Waals surface area contributed by atoms with E-state index in [1.54, 1.807) is 7.11 Å². The Bertz CT molecular complexity index is 871. The van der Waals surface area contributed by atoms with Crippen molar-refractivity contribution in [3.63, 3.8) is 0 Å². The van der Waals surface area contributed by atoms with Gasteiger partial charge in [-0.2, -0.15) is 0 Å². The van der Waals surface area contributed by atoms with Crippen molar-refractivity contribution >= 4 is 5.78 Å². The minimum Gasteiger partial charge on any atom is -0.381 e. The molecule has 1 saturated heterocycles. The van der Waals surface area contributed by atoms with Crippen LogP contribution < -0.4 is 0 Å². The molecule has 37 heavy (non-hydrogen) atoms. The molecule has 2 aromatic carbocycles. The Balaban J connectivity index is 1.40. The Hall–Kier alpha value is -2.05. The molecule has 5 atom stereocenters. The first-order valence-electron chi connectivity index (χ1n) is 14.0. The van der Waals surface area contributed by atoms with Gasteiger partial charge < -0.3 is 18.9 Å². The van der Waals surface area contributed by atoms with Crippen molar-refractivity contribution in [2.24, 2.45) is 5.92 Å². The maximum Gasteiger partial charge on any atom is 0.138 e. The highest BCUT2D eigenvalue weighted by Gasteiger charge is 2.29. The summed E-state index contributed by atoms with van der Waals surface area (Å²) in [6.07, 6.45) is 6.80. The van der Waals surface area contributed by atoms with Gasteiger partial charge in [-0.1, -0.05) is 80.9 Å². The molecule has 0 radical (unpaired) electrons. The smallest absolute Gasteiger partial charge is 0.138 e. The first kappa shape index (κ1) is 29.5. The van der Waals surface area contributed by atoms with Crippen molar-refractivity contribution < 1.29 is 23.7 Å². The first-order chi connectivity index (χ1) is 18.1. The van der Waals surface area contributed by atoms with E-state index in [0.29, 0.717) is 44.4 Å². The topological polar surface area (TPSA) is 54.0 Å². The van der Waals surface area contributed by atoms with Crippen LogP contribution in [0.1, 0.15) is 76.3 Å². The Labute approximate surface area is 223 Å². The number of carbonyl (C=O) groups excluding carboxylic acids is 1. The molecule has 0 spiro atoms. The maximum absolute atomic E-state index is 12.4. The normalized spacial score (nSPS) is 20.5. The van der Waals surface area contributed by atoms with Crippen LogP contribution in [0.3, 0.4) is 0 Å². The minimum atomic E-state index is -0.0484. The van der Waals surface area contributed by atoms with Gasteiger partial charge in [-0.3, -0.25) is 4.79 Å². The van der Waals surface area contributed by atoms with Gasteiger partial charge in [-0.25, -0.2) is 0 Å². The predicted octanol–water partition coefficient (Wildman–Crippen LogP) is 6.92. The highest BCUT2D eigenvalue weighted by Crippen LogP contribution is 2.27. The number of hydrogen-bond acceptors (Lipinski definition) is 5. The molecule has 5 heteroatoms. The van der Waals surface area contributed by atoms with Crippen LogP contribution in [-0.4, -0.2) is 43.9 Å². The van der Waals surface area contributed by atoms with Crippen LogP contribution >= 0.6 is 0 Å². The maximum atomic E-state index is 12.4. The molecule has 0 bridgehead atoms. The number of ether oxygens (including phenoxy) is 4. The van der Waals surface area contributed by atoms with E-state index < -0.39 is 0 Å². The molecule has 0 saturated carbocycles. The molecular formula is C32H46O5. The molecule has 1 aliphatic rings. The first-order valence-corrected chi connectivity index (χ1v) is 14.0. The van der Waals surface area contributed by atoms with Gasteiger partial charge in [-0.15, -0.1) is 0 Å². The van der Waals surface area contributed by atoms with Crippen LogP contribution in [0.25, 0.3) is 0 Å². The third-order valence-corrected chi connectivity index (χ3v) is 7.12. The van der Waals surface area contributed by atoms with Gasteiger partial charge in [0.05, 0.1) is 37.6 Å². The number of benzene rings is 2. The Kier molecular flexibility index (Phi) is 13.3. The number of methoxy groups -OCH3 is 1. The van der Waals surface area contributed by atoms with Crippen LogP contribution in [0.15, 0.2) is 60.7 Å². The zero-order valence-electron chi connectivity index (χ0n) is 23.0. The summed E-state index contributed by atoms with van der Waals surface area (Å²) in [7, 11) is 1.80. The fourth-order valence-corrected chi connectivity index (χ4v) is 5.20. The molecular weight excluding hydrogens is 464 g/mol. The van der Waals surface area contributed by atoms with Gasteiger partial charge >= 0.3 is 0 Å². The monoisotopic (exact) mass is 510 g/mol. The molecule has 204 valence electrons. The lowest BCUT2D eigenvalue weighted by molar-refractivity contribution is -0.138. The van der Waals surface area contributed by atoms with Gasteiger partial charge in [0.1, 0.15) is 5.78 Å². The highest BCUT2D eigenvalue weighted by atomic mass is 16.5. The molecule has 0 aromatic heterocycles. The van der Waals surface area contributed by atoms with Crippen LogP contribution in [-0.2, 0) is 37.0 Å². The van der Waals surface area contributed by atoms with Crippen molar-refractivity contribution in [3.8, 4) is 0 Å². The summed E-state index contributed by atoms with van der Waals surface area (Å²) in [6, 6.07) is 20.5. The van der Waals surface area contributed by atoms with E-state index in [4.69, 9.17) is 18.9 Å². The predicted molar refractivity (Wildman–Crippen MR) is 147 cm³/mol. The molecule has 1 fully saturated rings. The fraction of sp³-hybridized carbons (Fsp3) is 0.594. The number of rotatable bonds is 17. The van der Waals surface area contributed by atoms with Crippen molar-refractivity contribution in [2.45, 2.75) is 103 Å². The summed E-state index contributed by atoms with van der Waals surface area (Å²) in [6.45, 7) is 6.26. The summed E-state index contributed by atoms with van der Waals surface area (Å²) in [4.78, 5) is 12.4. The van der Waals surface area contributed by atoms with E-state index in [2.05, 4.69) is 38.1 Å². The zero-order valence-corrected chi connectivity index (χ0v) is 23.0. The van der Waals surface area contributed by atoms with Gasteiger partial charge in [0.15, 0.2) is 0 Å². The van der Waals surface area contributed by atoms with Crippen LogP contribution in [0.5, 0.6) is 0 Å². The molecule has 0 amide bonds. The van der Waals surface area contributed by atoms with E-state index >= 15 is 0 Å². The van der Waals surface area contributed by atoms with Crippen LogP contribution in [0.4, 0.5) is 0 Å². The number of Topliss-reactive ketones (excluding diaryl/α,β-unsaturated/α-hetero) is 1. The molecule has 3 rings (SSSR count). The van der Waals surface area contributed by atoms with Crippen molar-refractivity contribution in [3.05, 3.63) is 71.8 Å². The van der Waals surface area contributed by atoms with Gasteiger partial charge in [0, 0.05) is 26.6 Å². The summed E-state index contributed by atoms with van der Waals surface area (Å²) in [5.41, 5.74) is 2.36. The summed E-state index contributed by atoms with van der Waals surface area (Å²) in [5, 5.41) is 0. The van der Waals surface area contributed by atoms with E-state index in [1.165, 1.54) is 5.56 Å². The highest BCUT2D eigenvalue weighted by molar-refractivity contribution is 5.80. The molecule has 0 unspecified atom stereocenters. The molecule has 5 nitrogen and oxygen atoms in total. The summed E-state index contributed by atoms with van der Waals surface area (Å²) < 4.78 is 24.3. The Morgan fingerprint density at radius 2 is 1.54 bits per heavy atom. The lowest BCUT2D eigenvalue weighted by atomic mass is 9.90. The largest absolute Gasteiger partial charge is 0.381 e. The van der Waals surface area contributed by atoms with Crippen LogP contribution in [0, 0.1) is 5.92 Å². The molecule has 1 aliphatic heterocycles. The number of carbonyl (C=O) groups is 1. The average molecular weight is 511 g/mol. The van der Waals surface area contributed by atoms with Crippen molar-refractivity contribution in [1.82, 2.24) is 0 Å². The Morgan fingerprint density at radius 1 is 0.892 bits per heavy atom. The van der Waals surface area contributed by atoms with E-state index in [1.807, 2.05) is 36.4 Å². The molecule has 1 heterocycles. The average Bonchev–Trinajstić information content (AvgIpc) is 2.90. The van der Waals surface area contributed by atoms with E-state index in [-0.39, 0.29) is 24.4 Å². The lowest BCUT2D eigenvalue weighted by Crippen LogP contribution is -2.35. The number of ketones is 1. The minimum absolute atomic E-state index is 0.0198. The third-order valence-electron chi connectivity index (χ3n) is 7.12. The van der Waals surface area contributed by atoms with Crippen molar-refractivity contribution in [1.29, 1.82) is 0 Å². The quantitative estimate of drug-likeness (QED) is 0.216. The second-order valence-corrected chi connectivity index (χ2v) is 10.5. The third kappa shape index (κ3) is 11.5. The van der Waals surface area contributed by atoms with E-state index in [9.17, 15) is 4.79 Å². The van der Waals surface area contributed by atoms with Crippen molar-refractivity contribution in [2.75, 3.05) is 13.7 Å². The lowest BCUT2D eigenvalue weighted by Gasteiger charge is -2.32. The zero-order chi connectivity index (χ0) is 26.3. The van der Waals surface area contributed by atoms with Gasteiger partial charge in [-0.05, 0) is 49.1 Å². The SMILES string of the molecule is CCC[C@@H](C[C@H](C[C@H](C)C[C@H]1CC(=O)C[C@H](CCOCc2ccccc2)O1)OC)OCc1ccccc1. The van der Waals surface area contributed by atoms with Gasteiger partial charge in [0.25, 0.3) is 0 Å². The van der Waals surface area contributed by atoms with Gasteiger partial charge in [0.2, 0.25) is 0 Å². The fourth-order valence-electron chi connectivity index (χ4n) is 5.20. The summed E-state index contributed by atoms with van der Waals surface area (Å²) >= 11 is 0. The van der Waals surface area contributed by atoms with Crippen LogP contribution in [0.2, 0.25) is 0 Å². The second kappa shape index (κ2) is 16.7. The Morgan fingerprint density at radius 3 is 2.19 bits per heavy atom.